The zero-order chi connectivity index (χ0) is 12.1. The molecule has 1 aliphatic carbocycles. The molecule has 0 saturated heterocycles. The van der Waals surface area contributed by atoms with Crippen molar-refractivity contribution >= 4 is 5.69 Å². The summed E-state index contributed by atoms with van der Waals surface area (Å²) in [5.41, 5.74) is 8.01. The first-order valence-electron chi connectivity index (χ1n) is 6.77. The van der Waals surface area contributed by atoms with Gasteiger partial charge in [-0.3, -0.25) is 0 Å². The summed E-state index contributed by atoms with van der Waals surface area (Å²) in [5, 5.41) is 0. The van der Waals surface area contributed by atoms with Crippen molar-refractivity contribution in [2.24, 2.45) is 5.92 Å². The van der Waals surface area contributed by atoms with Gasteiger partial charge in [-0.2, -0.15) is 0 Å². The second-order valence-corrected chi connectivity index (χ2v) is 5.41. The molecule has 0 amide bonds. The second kappa shape index (κ2) is 6.06. The smallest absolute Gasteiger partial charge is 0.0316 e. The normalized spacial score (nSPS) is 16.1. The van der Waals surface area contributed by atoms with Gasteiger partial charge in [0.1, 0.15) is 0 Å². The Hall–Kier alpha value is -1.02. The third-order valence-electron chi connectivity index (χ3n) is 3.75. The molecular formula is C15H24N2. The number of rotatable bonds is 6. The lowest BCUT2D eigenvalue weighted by molar-refractivity contribution is 0.204. The molecule has 0 radical (unpaired) electrons. The van der Waals surface area contributed by atoms with Crippen molar-refractivity contribution in [2.45, 2.75) is 32.1 Å². The molecule has 2 N–H and O–H groups in total. The summed E-state index contributed by atoms with van der Waals surface area (Å²) in [5.74, 6) is 0.979. The van der Waals surface area contributed by atoms with Crippen LogP contribution in [0.2, 0.25) is 0 Å². The van der Waals surface area contributed by atoms with Crippen molar-refractivity contribution in [1.82, 2.24) is 4.90 Å². The van der Waals surface area contributed by atoms with Crippen LogP contribution in [0.25, 0.3) is 0 Å². The van der Waals surface area contributed by atoms with Gasteiger partial charge in [0.2, 0.25) is 0 Å². The summed E-state index contributed by atoms with van der Waals surface area (Å²) in [6, 6.07) is 8.25. The average Bonchev–Trinajstić information content (AvgIpc) is 2.24. The zero-order valence-corrected chi connectivity index (χ0v) is 10.9. The Kier molecular flexibility index (Phi) is 4.43. The highest BCUT2D eigenvalue weighted by Gasteiger charge is 2.18. The molecule has 0 unspecified atom stereocenters. The van der Waals surface area contributed by atoms with Gasteiger partial charge in [0.25, 0.3) is 0 Å². The molecule has 1 aromatic carbocycles. The first-order valence-corrected chi connectivity index (χ1v) is 6.77. The number of aryl methyl sites for hydroxylation is 1. The van der Waals surface area contributed by atoms with Crippen molar-refractivity contribution in [3.8, 4) is 0 Å². The van der Waals surface area contributed by atoms with Crippen molar-refractivity contribution < 1.29 is 0 Å². The van der Waals surface area contributed by atoms with Crippen molar-refractivity contribution in [3.63, 3.8) is 0 Å². The summed E-state index contributed by atoms with van der Waals surface area (Å²) in [6.45, 7) is 2.49. The molecule has 2 heteroatoms. The van der Waals surface area contributed by atoms with E-state index in [4.69, 9.17) is 5.73 Å². The zero-order valence-electron chi connectivity index (χ0n) is 10.9. The minimum absolute atomic E-state index is 0.880. The monoisotopic (exact) mass is 232 g/mol. The van der Waals surface area contributed by atoms with Crippen LogP contribution in [-0.4, -0.2) is 25.0 Å². The number of nitrogens with two attached hydrogens (primary N) is 1. The van der Waals surface area contributed by atoms with Crippen LogP contribution in [0.5, 0.6) is 0 Å². The molecule has 0 aliphatic heterocycles. The molecule has 0 aromatic heterocycles. The molecular weight excluding hydrogens is 208 g/mol. The summed E-state index contributed by atoms with van der Waals surface area (Å²) in [6.07, 6.45) is 6.70. The van der Waals surface area contributed by atoms with E-state index >= 15 is 0 Å². The molecule has 2 rings (SSSR count). The highest BCUT2D eigenvalue weighted by molar-refractivity contribution is 5.40. The van der Waals surface area contributed by atoms with Crippen LogP contribution < -0.4 is 5.73 Å². The predicted octanol–water partition coefficient (Wildman–Crippen LogP) is 2.93. The number of nitrogen functional groups attached to an aromatic ring is 1. The summed E-state index contributed by atoms with van der Waals surface area (Å²) < 4.78 is 0. The third kappa shape index (κ3) is 4.04. The van der Waals surface area contributed by atoms with Gasteiger partial charge in [0.05, 0.1) is 0 Å². The molecule has 2 nitrogen and oxygen atoms in total. The van der Waals surface area contributed by atoms with E-state index in [1.807, 2.05) is 12.1 Å². The van der Waals surface area contributed by atoms with Crippen LogP contribution in [0.4, 0.5) is 5.69 Å². The Bertz CT molecular complexity index is 345. The largest absolute Gasteiger partial charge is 0.399 e. The van der Waals surface area contributed by atoms with E-state index in [0.717, 1.165) is 18.0 Å². The topological polar surface area (TPSA) is 29.3 Å². The highest BCUT2D eigenvalue weighted by atomic mass is 15.1. The van der Waals surface area contributed by atoms with E-state index in [2.05, 4.69) is 24.1 Å². The molecule has 0 atom stereocenters. The maximum Gasteiger partial charge on any atom is 0.0316 e. The Morgan fingerprint density at radius 2 is 2.18 bits per heavy atom. The fraction of sp³-hybridized carbons (Fsp3) is 0.600. The molecule has 0 bridgehead atoms. The van der Waals surface area contributed by atoms with E-state index in [1.54, 1.807) is 0 Å². The van der Waals surface area contributed by atoms with Gasteiger partial charge in [-0.1, -0.05) is 18.6 Å². The summed E-state index contributed by atoms with van der Waals surface area (Å²) >= 11 is 0. The Morgan fingerprint density at radius 1 is 1.35 bits per heavy atom. The summed E-state index contributed by atoms with van der Waals surface area (Å²) in [7, 11) is 2.25. The van der Waals surface area contributed by atoms with Crippen molar-refractivity contribution in [2.75, 3.05) is 25.9 Å². The van der Waals surface area contributed by atoms with Crippen molar-refractivity contribution in [1.29, 1.82) is 0 Å². The van der Waals surface area contributed by atoms with Crippen LogP contribution in [0, 0.1) is 5.92 Å². The first kappa shape index (κ1) is 12.4. The van der Waals surface area contributed by atoms with E-state index in [-0.39, 0.29) is 0 Å². The fourth-order valence-corrected chi connectivity index (χ4v) is 2.51. The third-order valence-corrected chi connectivity index (χ3v) is 3.75. The van der Waals surface area contributed by atoms with E-state index in [0.29, 0.717) is 0 Å². The lowest BCUT2D eigenvalue weighted by Crippen LogP contribution is -2.30. The second-order valence-electron chi connectivity index (χ2n) is 5.41. The lowest BCUT2D eigenvalue weighted by Gasteiger charge is -2.30. The van der Waals surface area contributed by atoms with Gasteiger partial charge < -0.3 is 10.6 Å². The molecule has 0 heterocycles. The molecule has 1 aromatic rings. The number of hydrogen-bond acceptors (Lipinski definition) is 2. The summed E-state index contributed by atoms with van der Waals surface area (Å²) in [4.78, 5) is 2.48. The van der Waals surface area contributed by atoms with E-state index < -0.39 is 0 Å². The average molecular weight is 232 g/mol. The highest BCUT2D eigenvalue weighted by Crippen LogP contribution is 2.26. The number of nitrogens with zero attached hydrogens (tertiary/aromatic N) is 1. The first-order chi connectivity index (χ1) is 8.24. The van der Waals surface area contributed by atoms with E-state index in [9.17, 15) is 0 Å². The van der Waals surface area contributed by atoms with Gasteiger partial charge >= 0.3 is 0 Å². The lowest BCUT2D eigenvalue weighted by atomic mass is 9.85. The number of anilines is 1. The van der Waals surface area contributed by atoms with Crippen LogP contribution in [0.1, 0.15) is 31.2 Å². The quantitative estimate of drug-likeness (QED) is 0.764. The van der Waals surface area contributed by atoms with Gasteiger partial charge in [-0.15, -0.1) is 0 Å². The Morgan fingerprint density at radius 3 is 2.82 bits per heavy atom. The molecule has 1 saturated carbocycles. The van der Waals surface area contributed by atoms with Gasteiger partial charge in [0.15, 0.2) is 0 Å². The standard InChI is InChI=1S/C15H24N2/c1-17(12-14-6-2-7-14)10-4-8-13-5-3-9-15(16)11-13/h3,5,9,11,14H,2,4,6-8,10,12,16H2,1H3. The molecule has 0 spiro atoms. The predicted molar refractivity (Wildman–Crippen MR) is 74.0 cm³/mol. The molecule has 17 heavy (non-hydrogen) atoms. The van der Waals surface area contributed by atoms with Crippen LogP contribution in [0.15, 0.2) is 24.3 Å². The van der Waals surface area contributed by atoms with Crippen LogP contribution in [0.3, 0.4) is 0 Å². The molecule has 1 aliphatic rings. The van der Waals surface area contributed by atoms with Crippen LogP contribution >= 0.6 is 0 Å². The minimum atomic E-state index is 0.880. The Labute approximate surface area is 105 Å². The maximum absolute atomic E-state index is 5.77. The number of benzene rings is 1. The maximum atomic E-state index is 5.77. The van der Waals surface area contributed by atoms with Crippen LogP contribution in [-0.2, 0) is 6.42 Å². The van der Waals surface area contributed by atoms with Crippen molar-refractivity contribution in [3.05, 3.63) is 29.8 Å². The van der Waals surface area contributed by atoms with Gasteiger partial charge in [0, 0.05) is 12.2 Å². The SMILES string of the molecule is CN(CCCc1cccc(N)c1)CC1CCC1. The molecule has 1 fully saturated rings. The minimum Gasteiger partial charge on any atom is -0.399 e. The van der Waals surface area contributed by atoms with E-state index in [1.165, 1.54) is 44.3 Å². The number of hydrogen-bond donors (Lipinski definition) is 1. The van der Waals surface area contributed by atoms with Gasteiger partial charge in [-0.25, -0.2) is 0 Å². The Balaban J connectivity index is 1.64. The fourth-order valence-electron chi connectivity index (χ4n) is 2.51. The molecule has 94 valence electrons. The van der Waals surface area contributed by atoms with Gasteiger partial charge in [-0.05, 0) is 62.9 Å².